The molecule has 0 radical (unpaired) electrons. The molecule has 0 amide bonds. The first-order chi connectivity index (χ1) is 16.3. The van der Waals surface area contributed by atoms with Crippen LogP contribution in [0.3, 0.4) is 0 Å². The molecule has 0 spiro atoms. The van der Waals surface area contributed by atoms with Gasteiger partial charge in [0, 0.05) is 10.8 Å². The van der Waals surface area contributed by atoms with Gasteiger partial charge in [-0.25, -0.2) is 0 Å². The van der Waals surface area contributed by atoms with Gasteiger partial charge < -0.3 is 24.8 Å². The molecule has 3 fully saturated rings. The van der Waals surface area contributed by atoms with Crippen LogP contribution in [0, 0.1) is 22.7 Å². The topological polar surface area (TPSA) is 123 Å². The number of allylic oxidation sites excluding steroid dienone is 4. The third kappa shape index (κ3) is 3.79. The van der Waals surface area contributed by atoms with Crippen molar-refractivity contribution in [2.45, 2.75) is 82.5 Å². The Morgan fingerprint density at radius 3 is 2.46 bits per heavy atom. The lowest BCUT2D eigenvalue weighted by Crippen LogP contribution is -2.68. The van der Waals surface area contributed by atoms with E-state index in [1.165, 1.54) is 6.08 Å². The zero-order chi connectivity index (χ0) is 25.9. The number of aliphatic hydroxyl groups excluding tert-OH is 1. The number of carbonyl (C=O) groups excluding carboxylic acids is 2. The summed E-state index contributed by atoms with van der Waals surface area (Å²) in [6.07, 6.45) is 3.75. The van der Waals surface area contributed by atoms with E-state index in [9.17, 15) is 24.9 Å². The van der Waals surface area contributed by atoms with Gasteiger partial charge in [0.1, 0.15) is 12.2 Å². The summed E-state index contributed by atoms with van der Waals surface area (Å²) >= 11 is 7.37. The number of carbonyl (C=O) groups is 2. The van der Waals surface area contributed by atoms with Gasteiger partial charge in [0.15, 0.2) is 11.6 Å². The number of Topliss-reactive ketones (excluding diaryl/α,β-unsaturated/α-hetero) is 1. The largest absolute Gasteiger partial charge is 0.410 e. The number of aliphatic hydroxyl groups is 3. The highest BCUT2D eigenvalue weighted by Gasteiger charge is 2.73. The molecule has 4 aliphatic carbocycles. The van der Waals surface area contributed by atoms with Crippen molar-refractivity contribution in [3.63, 3.8) is 0 Å². The first kappa shape index (κ1) is 26.9. The summed E-state index contributed by atoms with van der Waals surface area (Å²) in [5.41, 5.74) is -2.50. The lowest BCUT2D eigenvalue weighted by molar-refractivity contribution is -0.481. The van der Waals surface area contributed by atoms with E-state index in [-0.39, 0.29) is 43.7 Å². The molecule has 3 saturated carbocycles. The number of ether oxygens (including phenoxy) is 3. The van der Waals surface area contributed by atoms with Gasteiger partial charge in [0.2, 0.25) is 0 Å². The normalized spacial score (nSPS) is 42.8. The molecular weight excluding hydrogens is 476 g/mol. The van der Waals surface area contributed by atoms with Crippen LogP contribution >= 0.6 is 11.6 Å². The maximum absolute atomic E-state index is 13.4. The monoisotopic (exact) mass is 512 g/mol. The Balaban J connectivity index is 1.61. The van der Waals surface area contributed by atoms with Gasteiger partial charge in [0.25, 0.3) is 0 Å². The Labute approximate surface area is 211 Å². The predicted molar refractivity (Wildman–Crippen MR) is 127 cm³/mol. The molecule has 9 heteroatoms. The summed E-state index contributed by atoms with van der Waals surface area (Å²) in [5, 5.41) is 33.7. The van der Waals surface area contributed by atoms with Crippen molar-refractivity contribution in [3.8, 4) is 0 Å². The zero-order valence-corrected chi connectivity index (χ0v) is 21.6. The van der Waals surface area contributed by atoms with Gasteiger partial charge in [-0.2, -0.15) is 0 Å². The fraction of sp³-hybridized carbons (Fsp3) is 0.769. The second kappa shape index (κ2) is 9.01. The van der Waals surface area contributed by atoms with Crippen LogP contribution in [-0.2, 0) is 23.8 Å². The molecule has 196 valence electrons. The average molecular weight is 513 g/mol. The van der Waals surface area contributed by atoms with Crippen molar-refractivity contribution in [1.29, 1.82) is 0 Å². The predicted octanol–water partition coefficient (Wildman–Crippen LogP) is 2.62. The number of hydrogen-bond acceptors (Lipinski definition) is 8. The van der Waals surface area contributed by atoms with E-state index in [0.29, 0.717) is 19.3 Å². The highest BCUT2D eigenvalue weighted by atomic mass is 35.5. The Morgan fingerprint density at radius 2 is 1.83 bits per heavy atom. The molecule has 8 nitrogen and oxygen atoms in total. The van der Waals surface area contributed by atoms with Crippen LogP contribution in [0.15, 0.2) is 23.8 Å². The van der Waals surface area contributed by atoms with Crippen molar-refractivity contribution < 1.29 is 39.1 Å². The van der Waals surface area contributed by atoms with Gasteiger partial charge in [-0.1, -0.05) is 25.5 Å². The molecule has 0 bridgehead atoms. The van der Waals surface area contributed by atoms with E-state index in [2.05, 4.69) is 0 Å². The molecule has 3 N–H and O–H groups in total. The fourth-order valence-corrected chi connectivity index (χ4v) is 7.96. The Morgan fingerprint density at radius 1 is 1.17 bits per heavy atom. The maximum Gasteiger partial charge on any atom is 0.410 e. The molecule has 0 aromatic heterocycles. The molecule has 1 unspecified atom stereocenters. The minimum absolute atomic E-state index is 0.0776. The third-order valence-corrected chi connectivity index (χ3v) is 10.2. The van der Waals surface area contributed by atoms with Gasteiger partial charge in [-0.3, -0.25) is 14.3 Å². The minimum atomic E-state index is -2.38. The highest BCUT2D eigenvalue weighted by molar-refractivity contribution is 6.26. The van der Waals surface area contributed by atoms with E-state index in [1.807, 2.05) is 19.9 Å². The molecule has 0 saturated heterocycles. The number of rotatable bonds is 8. The van der Waals surface area contributed by atoms with Crippen LogP contribution in [0.5, 0.6) is 0 Å². The van der Waals surface area contributed by atoms with Crippen molar-refractivity contribution in [2.75, 3.05) is 19.8 Å². The standard InChI is InChI=1S/C26H37ClO8/c1-5-33-26(32,34-6-2)35-15-21(30)24(31)12-10-18-19-8-7-16-13-17(28)9-11-22(16,3)25(19,27)20(29)14-23(18,24)4/h9,11,13,18-20,29,31-32H,5-8,10,12,14-15H2,1-4H3/t18-,19-,20?,22-,23-,24-,25-/m0/s1. The van der Waals surface area contributed by atoms with Crippen LogP contribution in [0.25, 0.3) is 0 Å². The second-order valence-electron chi connectivity index (χ2n) is 10.8. The van der Waals surface area contributed by atoms with Crippen molar-refractivity contribution in [2.24, 2.45) is 22.7 Å². The van der Waals surface area contributed by atoms with Crippen LogP contribution in [0.2, 0.25) is 0 Å². The van der Waals surface area contributed by atoms with E-state index >= 15 is 0 Å². The Hall–Kier alpha value is -1.13. The average Bonchev–Trinajstić information content (AvgIpc) is 3.05. The molecule has 4 aliphatic rings. The molecule has 4 rings (SSSR count). The molecule has 0 aromatic carbocycles. The quantitative estimate of drug-likeness (QED) is 0.335. The number of halogens is 1. The molecule has 0 aromatic rings. The minimum Gasteiger partial charge on any atom is -0.391 e. The van der Waals surface area contributed by atoms with E-state index < -0.39 is 46.0 Å². The maximum atomic E-state index is 13.4. The number of hydrogen-bond donors (Lipinski definition) is 3. The molecule has 7 atom stereocenters. The zero-order valence-electron chi connectivity index (χ0n) is 20.9. The SMILES string of the molecule is CCOC(O)(OCC)OCC(=O)[C@@]1(O)CC[C@H]2[C@@H]3CCC4=CC(=O)C=C[C@]4(C)[C@@]3(Cl)C(O)C[C@@]21C. The number of ketones is 2. The molecule has 35 heavy (non-hydrogen) atoms. The number of alkyl halides is 1. The van der Waals surface area contributed by atoms with Gasteiger partial charge in [-0.15, -0.1) is 11.6 Å². The van der Waals surface area contributed by atoms with Crippen LogP contribution in [0.1, 0.15) is 59.8 Å². The fourth-order valence-electron chi connectivity index (χ4n) is 7.44. The number of fused-ring (bicyclic) bond motifs is 5. The molecule has 0 heterocycles. The van der Waals surface area contributed by atoms with Crippen LogP contribution in [0.4, 0.5) is 0 Å². The van der Waals surface area contributed by atoms with Gasteiger partial charge in [-0.05, 0) is 69.9 Å². The van der Waals surface area contributed by atoms with Crippen LogP contribution in [-0.4, -0.2) is 69.4 Å². The first-order valence-electron chi connectivity index (χ1n) is 12.5. The van der Waals surface area contributed by atoms with Crippen LogP contribution < -0.4 is 0 Å². The summed E-state index contributed by atoms with van der Waals surface area (Å²) in [6, 6.07) is 0. The molecule has 0 aliphatic heterocycles. The van der Waals surface area contributed by atoms with Gasteiger partial charge >= 0.3 is 6.16 Å². The summed E-state index contributed by atoms with van der Waals surface area (Å²) < 4.78 is 15.5. The molecular formula is C26H37ClO8. The van der Waals surface area contributed by atoms with E-state index in [0.717, 1.165) is 5.57 Å². The Bertz CT molecular complexity index is 942. The van der Waals surface area contributed by atoms with Crippen molar-refractivity contribution >= 4 is 23.2 Å². The summed E-state index contributed by atoms with van der Waals surface area (Å²) in [5.74, 6) is -0.976. The summed E-state index contributed by atoms with van der Waals surface area (Å²) in [7, 11) is 0. The van der Waals surface area contributed by atoms with Crippen molar-refractivity contribution in [3.05, 3.63) is 23.8 Å². The summed E-state index contributed by atoms with van der Waals surface area (Å²) in [4.78, 5) is 24.4. The first-order valence-corrected chi connectivity index (χ1v) is 12.9. The Kier molecular flexibility index (Phi) is 6.93. The summed E-state index contributed by atoms with van der Waals surface area (Å²) in [6.45, 7) is 6.68. The lowest BCUT2D eigenvalue weighted by Gasteiger charge is -2.63. The highest BCUT2D eigenvalue weighted by Crippen LogP contribution is 2.70. The smallest absolute Gasteiger partial charge is 0.391 e. The lowest BCUT2D eigenvalue weighted by atomic mass is 9.45. The van der Waals surface area contributed by atoms with Gasteiger partial charge in [0.05, 0.1) is 24.2 Å². The second-order valence-corrected chi connectivity index (χ2v) is 11.4. The van der Waals surface area contributed by atoms with E-state index in [4.69, 9.17) is 25.8 Å². The third-order valence-electron chi connectivity index (χ3n) is 9.29. The van der Waals surface area contributed by atoms with E-state index in [1.54, 1.807) is 19.9 Å². The van der Waals surface area contributed by atoms with Crippen molar-refractivity contribution in [1.82, 2.24) is 0 Å².